The van der Waals surface area contributed by atoms with Crippen molar-refractivity contribution in [1.82, 2.24) is 0 Å². The molecule has 5 heteroatoms. The largest absolute Gasteiger partial charge is 0.504 e. The van der Waals surface area contributed by atoms with Crippen LogP contribution in [0.4, 0.5) is 0 Å². The highest BCUT2D eigenvalue weighted by Crippen LogP contribution is 2.44. The van der Waals surface area contributed by atoms with Crippen molar-refractivity contribution in [2.45, 2.75) is 85.0 Å². The molecule has 3 N–H and O–H groups in total. The van der Waals surface area contributed by atoms with Crippen molar-refractivity contribution in [1.29, 1.82) is 0 Å². The summed E-state index contributed by atoms with van der Waals surface area (Å²) in [5.41, 5.74) is 0.974. The maximum Gasteiger partial charge on any atom is 0.339 e. The highest BCUT2D eigenvalue weighted by Gasteiger charge is 2.26. The molecule has 0 aliphatic carbocycles. The first-order chi connectivity index (χ1) is 12.5. The SMILES string of the molecule is CCCCCCCCCCOc1c(O)c(O)c(C(=O)O)c(CC)c1CC. The molecule has 1 aromatic carbocycles. The number of aromatic hydroxyl groups is 2. The Morgan fingerprint density at radius 2 is 1.35 bits per heavy atom. The topological polar surface area (TPSA) is 87.0 Å². The van der Waals surface area contributed by atoms with Gasteiger partial charge in [0.2, 0.25) is 5.75 Å². The monoisotopic (exact) mass is 366 g/mol. The van der Waals surface area contributed by atoms with Crippen molar-refractivity contribution in [2.75, 3.05) is 6.61 Å². The summed E-state index contributed by atoms with van der Waals surface area (Å²) in [7, 11) is 0. The molecular weight excluding hydrogens is 332 g/mol. The molecule has 5 nitrogen and oxygen atoms in total. The van der Waals surface area contributed by atoms with Gasteiger partial charge in [-0.05, 0) is 24.8 Å². The van der Waals surface area contributed by atoms with Crippen LogP contribution >= 0.6 is 0 Å². The van der Waals surface area contributed by atoms with E-state index in [1.54, 1.807) is 0 Å². The molecule has 0 heterocycles. The van der Waals surface area contributed by atoms with Crippen LogP contribution in [0.5, 0.6) is 17.2 Å². The Labute approximate surface area is 157 Å². The third-order valence-corrected chi connectivity index (χ3v) is 4.78. The Hall–Kier alpha value is -1.91. The molecule has 1 rings (SSSR count). The molecule has 0 spiro atoms. The van der Waals surface area contributed by atoms with Crippen molar-refractivity contribution in [2.24, 2.45) is 0 Å². The van der Waals surface area contributed by atoms with E-state index in [9.17, 15) is 20.1 Å². The maximum atomic E-state index is 11.4. The molecule has 0 aliphatic heterocycles. The lowest BCUT2D eigenvalue weighted by atomic mass is 9.94. The maximum absolute atomic E-state index is 11.4. The van der Waals surface area contributed by atoms with Crippen molar-refractivity contribution >= 4 is 5.97 Å². The average Bonchev–Trinajstić information content (AvgIpc) is 2.62. The van der Waals surface area contributed by atoms with Crippen LogP contribution in [0, 0.1) is 0 Å². The number of unbranched alkanes of at least 4 members (excludes halogenated alkanes) is 7. The Morgan fingerprint density at radius 3 is 1.85 bits per heavy atom. The Morgan fingerprint density at radius 1 is 0.808 bits per heavy atom. The Balaban J connectivity index is 2.69. The van der Waals surface area contributed by atoms with Crippen LogP contribution < -0.4 is 4.74 Å². The second kappa shape index (κ2) is 11.7. The van der Waals surface area contributed by atoms with Gasteiger partial charge in [-0.25, -0.2) is 4.79 Å². The number of carboxylic acid groups (broad SMARTS) is 1. The highest BCUT2D eigenvalue weighted by atomic mass is 16.5. The van der Waals surface area contributed by atoms with Gasteiger partial charge in [0.1, 0.15) is 5.56 Å². The summed E-state index contributed by atoms with van der Waals surface area (Å²) >= 11 is 0. The van der Waals surface area contributed by atoms with Crippen LogP contribution in [0.1, 0.15) is 93.6 Å². The second-order valence-corrected chi connectivity index (χ2v) is 6.69. The Bertz CT molecular complexity index is 580. The van der Waals surface area contributed by atoms with Crippen molar-refractivity contribution in [3.8, 4) is 17.2 Å². The molecule has 0 saturated carbocycles. The quantitative estimate of drug-likeness (QED) is 0.319. The van der Waals surface area contributed by atoms with Gasteiger partial charge in [-0.3, -0.25) is 0 Å². The summed E-state index contributed by atoms with van der Waals surface area (Å²) in [6.07, 6.45) is 10.5. The minimum absolute atomic E-state index is 0.221. The van der Waals surface area contributed by atoms with Gasteiger partial charge in [-0.2, -0.15) is 0 Å². The predicted octanol–water partition coefficient (Wildman–Crippen LogP) is 5.44. The van der Waals surface area contributed by atoms with E-state index in [0.29, 0.717) is 30.6 Å². The lowest BCUT2D eigenvalue weighted by molar-refractivity contribution is 0.0691. The Kier molecular flexibility index (Phi) is 9.92. The number of carbonyl (C=O) groups is 1. The molecule has 26 heavy (non-hydrogen) atoms. The molecule has 1 aromatic rings. The summed E-state index contributed by atoms with van der Waals surface area (Å²) in [5.74, 6) is -2.07. The van der Waals surface area contributed by atoms with Crippen molar-refractivity contribution in [3.63, 3.8) is 0 Å². The summed E-state index contributed by atoms with van der Waals surface area (Å²) in [6, 6.07) is 0. The van der Waals surface area contributed by atoms with Gasteiger partial charge in [0.15, 0.2) is 11.5 Å². The zero-order valence-corrected chi connectivity index (χ0v) is 16.4. The van der Waals surface area contributed by atoms with Gasteiger partial charge in [-0.15, -0.1) is 0 Å². The van der Waals surface area contributed by atoms with Gasteiger partial charge in [-0.1, -0.05) is 65.7 Å². The van der Waals surface area contributed by atoms with E-state index < -0.39 is 17.5 Å². The average molecular weight is 366 g/mol. The molecule has 148 valence electrons. The second-order valence-electron chi connectivity index (χ2n) is 6.69. The first-order valence-electron chi connectivity index (χ1n) is 9.95. The van der Waals surface area contributed by atoms with E-state index >= 15 is 0 Å². The van der Waals surface area contributed by atoms with E-state index in [0.717, 1.165) is 12.8 Å². The highest BCUT2D eigenvalue weighted by molar-refractivity contribution is 5.95. The fourth-order valence-corrected chi connectivity index (χ4v) is 3.36. The molecule has 0 aromatic heterocycles. The minimum Gasteiger partial charge on any atom is -0.504 e. The number of phenolic OH excluding ortho intramolecular Hbond substituents is 1. The molecule has 0 unspecified atom stereocenters. The predicted molar refractivity (Wildman–Crippen MR) is 104 cm³/mol. The smallest absolute Gasteiger partial charge is 0.339 e. The van der Waals surface area contributed by atoms with Crippen LogP contribution in [0.2, 0.25) is 0 Å². The number of ether oxygens (including phenoxy) is 1. The first kappa shape index (κ1) is 22.1. The summed E-state index contributed by atoms with van der Waals surface area (Å²) < 4.78 is 5.76. The molecule has 0 saturated heterocycles. The first-order valence-corrected chi connectivity index (χ1v) is 9.95. The van der Waals surface area contributed by atoms with Crippen LogP contribution in [-0.2, 0) is 12.8 Å². The summed E-state index contributed by atoms with van der Waals surface area (Å²) in [5, 5.41) is 29.7. The standard InChI is InChI=1S/C21H34O5/c1-4-7-8-9-10-11-12-13-14-26-20-16(6-3)15(5-2)17(21(24)25)18(22)19(20)23/h22-23H,4-14H2,1-3H3,(H,24,25). The van der Waals surface area contributed by atoms with Crippen molar-refractivity contribution < 1.29 is 24.9 Å². The van der Waals surface area contributed by atoms with Crippen LogP contribution in [0.15, 0.2) is 0 Å². The van der Waals surface area contributed by atoms with Gasteiger partial charge in [0, 0.05) is 5.56 Å². The van der Waals surface area contributed by atoms with Gasteiger partial charge >= 0.3 is 5.97 Å². The van der Waals surface area contributed by atoms with Crippen LogP contribution in [0.3, 0.4) is 0 Å². The number of phenols is 2. The number of benzene rings is 1. The van der Waals surface area contributed by atoms with Crippen LogP contribution in [-0.4, -0.2) is 27.9 Å². The third kappa shape index (κ3) is 5.82. The number of hydrogen-bond acceptors (Lipinski definition) is 4. The number of carboxylic acids is 1. The molecule has 0 bridgehead atoms. The lowest BCUT2D eigenvalue weighted by Gasteiger charge is -2.19. The fraction of sp³-hybridized carbons (Fsp3) is 0.667. The molecule has 0 aliphatic rings. The minimum atomic E-state index is -1.24. The van der Waals surface area contributed by atoms with Crippen molar-refractivity contribution in [3.05, 3.63) is 16.7 Å². The van der Waals surface area contributed by atoms with Gasteiger partial charge < -0.3 is 20.1 Å². The van der Waals surface area contributed by atoms with E-state index in [4.69, 9.17) is 4.74 Å². The molecule has 0 atom stereocenters. The normalized spacial score (nSPS) is 10.9. The number of aromatic carboxylic acids is 1. The number of hydrogen-bond donors (Lipinski definition) is 3. The zero-order chi connectivity index (χ0) is 19.5. The van der Waals surface area contributed by atoms with E-state index in [1.807, 2.05) is 13.8 Å². The molecule has 0 amide bonds. The molecule has 0 radical (unpaired) electrons. The number of rotatable bonds is 13. The van der Waals surface area contributed by atoms with E-state index in [2.05, 4.69) is 6.92 Å². The van der Waals surface area contributed by atoms with E-state index in [1.165, 1.54) is 38.5 Å². The zero-order valence-electron chi connectivity index (χ0n) is 16.4. The van der Waals surface area contributed by atoms with Gasteiger partial charge in [0.05, 0.1) is 6.61 Å². The molecular formula is C21H34O5. The van der Waals surface area contributed by atoms with Gasteiger partial charge in [0.25, 0.3) is 0 Å². The fourth-order valence-electron chi connectivity index (χ4n) is 3.36. The lowest BCUT2D eigenvalue weighted by Crippen LogP contribution is -2.09. The summed E-state index contributed by atoms with van der Waals surface area (Å²) in [4.78, 5) is 11.4. The molecule has 0 fully saturated rings. The van der Waals surface area contributed by atoms with E-state index in [-0.39, 0.29) is 11.3 Å². The van der Waals surface area contributed by atoms with Crippen LogP contribution in [0.25, 0.3) is 0 Å². The third-order valence-electron chi connectivity index (χ3n) is 4.78. The summed E-state index contributed by atoms with van der Waals surface area (Å²) in [6.45, 7) is 6.38.